The molecule has 0 radical (unpaired) electrons. The Hall–Kier alpha value is -3.61. The highest BCUT2D eigenvalue weighted by molar-refractivity contribution is 6.26. The minimum atomic E-state index is -1.74. The van der Waals surface area contributed by atoms with Crippen molar-refractivity contribution in [2.24, 2.45) is 58.5 Å². The quantitative estimate of drug-likeness (QED) is 0.0718. The van der Waals surface area contributed by atoms with Crippen molar-refractivity contribution in [2.75, 3.05) is 20.8 Å². The van der Waals surface area contributed by atoms with Crippen LogP contribution < -0.4 is 11.1 Å². The molecule has 4 saturated heterocycles. The molecule has 6 fully saturated rings. The zero-order valence-corrected chi connectivity index (χ0v) is 50.2. The first-order valence-corrected chi connectivity index (χ1v) is 30.0. The van der Waals surface area contributed by atoms with Crippen molar-refractivity contribution in [2.45, 2.75) is 237 Å². The lowest BCUT2D eigenvalue weighted by Crippen LogP contribution is -2.66. The molecule has 2 bridgehead atoms. The van der Waals surface area contributed by atoms with E-state index in [1.54, 1.807) is 20.1 Å². The summed E-state index contributed by atoms with van der Waals surface area (Å²) >= 11 is 0. The standard InChI is InChI=1S/C62H94N2O18/c1-28-14-17-44(79-48-26-60(10,63)55(36(9)77-48)64-59(72)74-13)29(2)19-38-21-37(27-65)33(6)25-62(38)57(70)49(58(71)82-62)56(69)61(11)41(28)16-15-40-50(61)30(3)18-31(4)52(40)81-47-24-45(51(68)34(7)75-47)80-46-23-43(67)54(35(8)76-46)78-39-20-32(5)53(73-12)42(66)22-39/h14-16,19,21,30-36,38-48,50-55,65-69H,17-18,20,22-27,63H2,1-13H3,(H,64,72)/b28-14+,29-19+,56-49+/t30-,31-,32+,33+,34-,35-,36+,38+,39-,40-,41-,42+,43+,44-,45+,46+,47+,48-,50+,51-,52-,53-,54-,55-,60-,61+,62-/m0/s1. The van der Waals surface area contributed by atoms with E-state index in [4.69, 9.17) is 53.1 Å². The largest absolute Gasteiger partial charge is 0.511 e. The maximum absolute atomic E-state index is 15.6. The van der Waals surface area contributed by atoms with Crippen LogP contribution in [0.5, 0.6) is 0 Å². The van der Waals surface area contributed by atoms with Crippen LogP contribution in [0.15, 0.2) is 58.4 Å². The van der Waals surface area contributed by atoms with Crippen molar-refractivity contribution in [3.05, 3.63) is 58.4 Å². The van der Waals surface area contributed by atoms with Gasteiger partial charge < -0.3 is 84.0 Å². The minimum Gasteiger partial charge on any atom is -0.511 e. The summed E-state index contributed by atoms with van der Waals surface area (Å²) in [5, 5.41) is 60.4. The van der Waals surface area contributed by atoms with Gasteiger partial charge in [0.1, 0.15) is 23.5 Å². The zero-order valence-electron chi connectivity index (χ0n) is 50.2. The number of carbonyl (C=O) groups is 3. The molecule has 8 N–H and O–H groups in total. The van der Waals surface area contributed by atoms with Crippen molar-refractivity contribution in [3.63, 3.8) is 0 Å². The van der Waals surface area contributed by atoms with Gasteiger partial charge in [0, 0.05) is 67.9 Å². The third kappa shape index (κ3) is 11.9. The lowest BCUT2D eigenvalue weighted by Gasteiger charge is -2.56. The van der Waals surface area contributed by atoms with Crippen molar-refractivity contribution in [1.82, 2.24) is 5.32 Å². The van der Waals surface area contributed by atoms with Crippen LogP contribution in [0.3, 0.4) is 0 Å². The van der Waals surface area contributed by atoms with Gasteiger partial charge in [-0.05, 0) is 102 Å². The number of nitrogens with two attached hydrogens (primary N) is 1. The van der Waals surface area contributed by atoms with E-state index < -0.39 is 138 Å². The van der Waals surface area contributed by atoms with Gasteiger partial charge >= 0.3 is 12.1 Å². The number of fused-ring (bicyclic) bond motifs is 4. The summed E-state index contributed by atoms with van der Waals surface area (Å²) in [6, 6.07) is -0.592. The van der Waals surface area contributed by atoms with Gasteiger partial charge in [-0.25, -0.2) is 9.59 Å². The molecule has 5 aliphatic carbocycles. The Morgan fingerprint density at radius 1 is 0.756 bits per heavy atom. The summed E-state index contributed by atoms with van der Waals surface area (Å²) in [5.41, 5.74) is 4.79. The number of methoxy groups -OCH3 is 2. The number of carbonyl (C=O) groups excluding carboxylic acids is 3. The van der Waals surface area contributed by atoms with Gasteiger partial charge in [-0.15, -0.1) is 0 Å². The number of allylic oxidation sites excluding steroid dienone is 3. The highest BCUT2D eigenvalue weighted by Crippen LogP contribution is 2.61. The highest BCUT2D eigenvalue weighted by Gasteiger charge is 2.64. The molecule has 0 aromatic carbocycles. The van der Waals surface area contributed by atoms with E-state index in [0.717, 1.165) is 5.57 Å². The molecule has 4 aliphatic heterocycles. The molecule has 1 spiro atoms. The van der Waals surface area contributed by atoms with Crippen LogP contribution in [-0.2, 0) is 57.0 Å². The molecule has 0 unspecified atom stereocenters. The van der Waals surface area contributed by atoms with Crippen LogP contribution in [0, 0.1) is 52.8 Å². The predicted octanol–water partition coefficient (Wildman–Crippen LogP) is 5.92. The van der Waals surface area contributed by atoms with E-state index in [9.17, 15) is 35.1 Å². The molecule has 0 aromatic heterocycles. The second-order valence-electron chi connectivity index (χ2n) is 26.4. The summed E-state index contributed by atoms with van der Waals surface area (Å²) in [6.45, 7) is 20.9. The fraction of sp³-hybridized carbons (Fsp3) is 0.790. The van der Waals surface area contributed by atoms with Gasteiger partial charge in [-0.3, -0.25) is 4.79 Å². The second-order valence-corrected chi connectivity index (χ2v) is 26.4. The molecular weight excluding hydrogens is 1060 g/mol. The fourth-order valence-electron chi connectivity index (χ4n) is 16.2. The number of hydrogen-bond donors (Lipinski definition) is 7. The number of amides is 1. The molecule has 4 heterocycles. The van der Waals surface area contributed by atoms with Crippen LogP contribution in [-0.4, -0.2) is 174 Å². The molecule has 20 heteroatoms. The lowest BCUT2D eigenvalue weighted by molar-refractivity contribution is -0.321. The Morgan fingerprint density at radius 2 is 1.43 bits per heavy atom. The maximum Gasteiger partial charge on any atom is 0.407 e. The number of esters is 1. The van der Waals surface area contributed by atoms with E-state index in [1.165, 1.54) is 7.11 Å². The Balaban J connectivity index is 1.00. The van der Waals surface area contributed by atoms with E-state index in [1.807, 2.05) is 61.5 Å². The summed E-state index contributed by atoms with van der Waals surface area (Å²) in [6.07, 6.45) is 1.57. The monoisotopic (exact) mass is 1150 g/mol. The first-order chi connectivity index (χ1) is 38.6. The number of ether oxygens (including phenoxy) is 10. The normalized spacial score (nSPS) is 50.3. The number of ketones is 1. The minimum absolute atomic E-state index is 0.0347. The van der Waals surface area contributed by atoms with E-state index in [2.05, 4.69) is 37.4 Å². The van der Waals surface area contributed by atoms with E-state index >= 15 is 4.79 Å². The molecule has 20 nitrogen and oxygen atoms in total. The number of aliphatic hydroxyl groups is 5. The molecular formula is C62H94N2O18. The maximum atomic E-state index is 15.6. The summed E-state index contributed by atoms with van der Waals surface area (Å²) in [7, 11) is 2.88. The molecule has 9 aliphatic rings. The average molecular weight is 1160 g/mol. The number of hydrogen-bond acceptors (Lipinski definition) is 19. The molecule has 1 amide bonds. The van der Waals surface area contributed by atoms with Gasteiger partial charge in [0.25, 0.3) is 0 Å². The van der Waals surface area contributed by atoms with Crippen LogP contribution in [0.2, 0.25) is 0 Å². The van der Waals surface area contributed by atoms with Gasteiger partial charge in [-0.2, -0.15) is 0 Å². The Labute approximate surface area is 483 Å². The molecule has 2 saturated carbocycles. The van der Waals surface area contributed by atoms with Gasteiger partial charge in [0.05, 0.1) is 80.8 Å². The number of Topliss-reactive ketones (excluding diaryl/α,β-unsaturated/α-hetero) is 1. The first-order valence-electron chi connectivity index (χ1n) is 30.0. The molecule has 460 valence electrons. The van der Waals surface area contributed by atoms with Crippen molar-refractivity contribution in [3.8, 4) is 0 Å². The molecule has 82 heavy (non-hydrogen) atoms. The summed E-state index contributed by atoms with van der Waals surface area (Å²) < 4.78 is 62.9. The number of nitrogens with one attached hydrogen (secondary N) is 1. The average Bonchev–Trinajstić information content (AvgIpc) is 3.56. The van der Waals surface area contributed by atoms with Crippen LogP contribution >= 0.6 is 0 Å². The topological polar surface area (TPSA) is 283 Å². The zero-order chi connectivity index (χ0) is 59.7. The third-order valence-corrected chi connectivity index (χ3v) is 20.4. The number of alkyl carbamates (subject to hydrolysis) is 1. The van der Waals surface area contributed by atoms with Crippen molar-refractivity contribution in [1.29, 1.82) is 0 Å². The Bertz CT molecular complexity index is 2490. The van der Waals surface area contributed by atoms with Crippen molar-refractivity contribution < 1.29 is 87.3 Å². The van der Waals surface area contributed by atoms with Crippen LogP contribution in [0.1, 0.15) is 128 Å². The highest BCUT2D eigenvalue weighted by atomic mass is 16.7. The fourth-order valence-corrected chi connectivity index (χ4v) is 16.2. The van der Waals surface area contributed by atoms with Gasteiger partial charge in [0.2, 0.25) is 5.78 Å². The molecule has 9 rings (SSSR count). The third-order valence-electron chi connectivity index (χ3n) is 20.4. The smallest absolute Gasteiger partial charge is 0.407 e. The Kier molecular flexibility index (Phi) is 18.9. The predicted molar refractivity (Wildman–Crippen MR) is 298 cm³/mol. The SMILES string of the molecule is COC(=O)N[C@H]1[C@@H](C)O[C@@H](O[C@H]2C/C=C(\C)[C@@H]3C=C[C@@H]4[C@@H](O[C@@H]5C[C@@H](O[C@@H]6C[C@@H](O)[C@@H](O[C@H]7C[C@@H](C)[C@H](OC)[C@H](O)C7)[C@H](C)O6)[C@@H](O)[C@H](C)O5)[C@@H](C)C[C@H](C)[C@H]4[C@]3(C)/C(O)=C3\C(=O)O[C@]4(C[C@@H](C)C(CO)=C[C@H]4/C=C/2C)C3=O)C[C@]1(C)N. The van der Waals surface area contributed by atoms with Gasteiger partial charge in [0.15, 0.2) is 24.5 Å². The Morgan fingerprint density at radius 3 is 2.09 bits per heavy atom. The van der Waals surface area contributed by atoms with E-state index in [0.29, 0.717) is 36.8 Å². The molecule has 27 atom stereocenters. The second kappa shape index (κ2) is 24.6. The van der Waals surface area contributed by atoms with Crippen molar-refractivity contribution >= 4 is 17.8 Å². The molecule has 0 aromatic rings. The van der Waals surface area contributed by atoms with E-state index in [-0.39, 0.29) is 85.4 Å². The lowest BCUT2D eigenvalue weighted by atomic mass is 9.49. The summed E-state index contributed by atoms with van der Waals surface area (Å²) in [5.74, 6) is -4.42. The summed E-state index contributed by atoms with van der Waals surface area (Å²) in [4.78, 5) is 42.6. The number of aliphatic hydroxyl groups excluding tert-OH is 5. The van der Waals surface area contributed by atoms with Crippen LogP contribution in [0.4, 0.5) is 4.79 Å². The van der Waals surface area contributed by atoms with Crippen LogP contribution in [0.25, 0.3) is 0 Å². The number of rotatable bonds is 11. The first kappa shape index (κ1) is 62.9. The van der Waals surface area contributed by atoms with Gasteiger partial charge in [-0.1, -0.05) is 70.6 Å².